The molecule has 2 fully saturated rings. The summed E-state index contributed by atoms with van der Waals surface area (Å²) in [5, 5.41) is 2.77. The number of hydrogen-bond acceptors (Lipinski definition) is 4. The monoisotopic (exact) mass is 241 g/mol. The highest BCUT2D eigenvalue weighted by molar-refractivity contribution is 5.90. The standard InChI is InChI=1S/C11H19N3O3/c1-2-9-10(15)13-3-4-14(9)11(16)7-5-17-6-8(7)12/h7-9H,2-6,12H2,1H3,(H,13,15). The molecule has 2 saturated heterocycles. The van der Waals surface area contributed by atoms with Gasteiger partial charge in [0.2, 0.25) is 11.8 Å². The van der Waals surface area contributed by atoms with Crippen LogP contribution in [0.1, 0.15) is 13.3 Å². The molecule has 0 aromatic rings. The van der Waals surface area contributed by atoms with Crippen molar-refractivity contribution in [3.8, 4) is 0 Å². The van der Waals surface area contributed by atoms with Gasteiger partial charge in [0, 0.05) is 19.1 Å². The summed E-state index contributed by atoms with van der Waals surface area (Å²) >= 11 is 0. The van der Waals surface area contributed by atoms with E-state index in [0.717, 1.165) is 0 Å². The van der Waals surface area contributed by atoms with Gasteiger partial charge in [-0.1, -0.05) is 6.92 Å². The molecule has 3 N–H and O–H groups in total. The van der Waals surface area contributed by atoms with Crippen LogP contribution in [0.25, 0.3) is 0 Å². The largest absolute Gasteiger partial charge is 0.379 e. The van der Waals surface area contributed by atoms with Crippen molar-refractivity contribution in [2.75, 3.05) is 26.3 Å². The molecule has 0 aliphatic carbocycles. The normalized spacial score (nSPS) is 33.6. The van der Waals surface area contributed by atoms with E-state index in [9.17, 15) is 9.59 Å². The van der Waals surface area contributed by atoms with Gasteiger partial charge in [-0.3, -0.25) is 9.59 Å². The molecular weight excluding hydrogens is 222 g/mol. The highest BCUT2D eigenvalue weighted by Crippen LogP contribution is 2.18. The summed E-state index contributed by atoms with van der Waals surface area (Å²) in [4.78, 5) is 25.6. The van der Waals surface area contributed by atoms with Crippen LogP contribution in [0, 0.1) is 5.92 Å². The third-order valence-corrected chi connectivity index (χ3v) is 3.44. The fourth-order valence-corrected chi connectivity index (χ4v) is 2.42. The third kappa shape index (κ3) is 2.28. The average molecular weight is 241 g/mol. The number of rotatable bonds is 2. The lowest BCUT2D eigenvalue weighted by Crippen LogP contribution is -2.59. The smallest absolute Gasteiger partial charge is 0.242 e. The predicted molar refractivity (Wildman–Crippen MR) is 61.1 cm³/mol. The van der Waals surface area contributed by atoms with Gasteiger partial charge in [0.1, 0.15) is 6.04 Å². The van der Waals surface area contributed by atoms with Gasteiger partial charge in [0.15, 0.2) is 0 Å². The van der Waals surface area contributed by atoms with Gasteiger partial charge in [-0.05, 0) is 6.42 Å². The molecule has 17 heavy (non-hydrogen) atoms. The maximum Gasteiger partial charge on any atom is 0.242 e. The molecule has 2 aliphatic rings. The Morgan fingerprint density at radius 3 is 2.94 bits per heavy atom. The van der Waals surface area contributed by atoms with Crippen LogP contribution in [0.15, 0.2) is 0 Å². The molecular formula is C11H19N3O3. The molecule has 96 valence electrons. The molecule has 2 aliphatic heterocycles. The number of nitrogens with two attached hydrogens (primary N) is 1. The second-order valence-corrected chi connectivity index (χ2v) is 4.55. The minimum Gasteiger partial charge on any atom is -0.379 e. The Labute approximate surface area is 100 Å². The van der Waals surface area contributed by atoms with E-state index in [1.807, 2.05) is 6.92 Å². The number of piperazine rings is 1. The predicted octanol–water partition coefficient (Wildman–Crippen LogP) is -1.30. The Morgan fingerprint density at radius 1 is 1.59 bits per heavy atom. The molecule has 2 rings (SSSR count). The van der Waals surface area contributed by atoms with E-state index < -0.39 is 0 Å². The topological polar surface area (TPSA) is 84.7 Å². The summed E-state index contributed by atoms with van der Waals surface area (Å²) in [6.07, 6.45) is 0.625. The first-order chi connectivity index (χ1) is 8.15. The van der Waals surface area contributed by atoms with Crippen molar-refractivity contribution in [2.45, 2.75) is 25.4 Å². The lowest BCUT2D eigenvalue weighted by atomic mass is 10.00. The summed E-state index contributed by atoms with van der Waals surface area (Å²) in [5.41, 5.74) is 5.84. The zero-order chi connectivity index (χ0) is 12.4. The lowest BCUT2D eigenvalue weighted by molar-refractivity contribution is -0.146. The number of carbonyl (C=O) groups is 2. The molecule has 0 aromatic heterocycles. The van der Waals surface area contributed by atoms with Crippen molar-refractivity contribution in [1.29, 1.82) is 0 Å². The van der Waals surface area contributed by atoms with Crippen LogP contribution in [-0.2, 0) is 14.3 Å². The molecule has 6 heteroatoms. The highest BCUT2D eigenvalue weighted by atomic mass is 16.5. The maximum atomic E-state index is 12.3. The molecule has 3 atom stereocenters. The first-order valence-corrected chi connectivity index (χ1v) is 6.06. The highest BCUT2D eigenvalue weighted by Gasteiger charge is 2.39. The first-order valence-electron chi connectivity index (χ1n) is 6.06. The number of hydrogen-bond donors (Lipinski definition) is 2. The SMILES string of the molecule is CCC1C(=O)NCCN1C(=O)C1COCC1N. The summed E-state index contributed by atoms with van der Waals surface area (Å²) in [7, 11) is 0. The molecule has 3 unspecified atom stereocenters. The molecule has 0 spiro atoms. The summed E-state index contributed by atoms with van der Waals surface area (Å²) in [5.74, 6) is -0.411. The number of nitrogens with zero attached hydrogens (tertiary/aromatic N) is 1. The van der Waals surface area contributed by atoms with Gasteiger partial charge in [0.05, 0.1) is 19.1 Å². The van der Waals surface area contributed by atoms with Crippen LogP contribution in [0.4, 0.5) is 0 Å². The zero-order valence-electron chi connectivity index (χ0n) is 10.0. The van der Waals surface area contributed by atoms with Crippen molar-refractivity contribution in [1.82, 2.24) is 10.2 Å². The van der Waals surface area contributed by atoms with E-state index >= 15 is 0 Å². The lowest BCUT2D eigenvalue weighted by Gasteiger charge is -2.36. The molecule has 6 nitrogen and oxygen atoms in total. The average Bonchev–Trinajstić information content (AvgIpc) is 2.74. The van der Waals surface area contributed by atoms with E-state index in [4.69, 9.17) is 10.5 Å². The van der Waals surface area contributed by atoms with Crippen LogP contribution in [0.5, 0.6) is 0 Å². The van der Waals surface area contributed by atoms with Crippen LogP contribution in [0.3, 0.4) is 0 Å². The van der Waals surface area contributed by atoms with Crippen molar-refractivity contribution >= 4 is 11.8 Å². The van der Waals surface area contributed by atoms with Crippen LogP contribution in [0.2, 0.25) is 0 Å². The maximum absolute atomic E-state index is 12.3. The van der Waals surface area contributed by atoms with E-state index in [1.54, 1.807) is 4.90 Å². The van der Waals surface area contributed by atoms with Crippen molar-refractivity contribution in [3.63, 3.8) is 0 Å². The van der Waals surface area contributed by atoms with Crippen molar-refractivity contribution in [3.05, 3.63) is 0 Å². The van der Waals surface area contributed by atoms with Crippen molar-refractivity contribution < 1.29 is 14.3 Å². The number of nitrogens with one attached hydrogen (secondary N) is 1. The Morgan fingerprint density at radius 2 is 2.35 bits per heavy atom. The van der Waals surface area contributed by atoms with Gasteiger partial charge in [-0.2, -0.15) is 0 Å². The van der Waals surface area contributed by atoms with Crippen LogP contribution >= 0.6 is 0 Å². The van der Waals surface area contributed by atoms with E-state index in [-0.39, 0.29) is 29.8 Å². The van der Waals surface area contributed by atoms with Gasteiger partial charge in [0.25, 0.3) is 0 Å². The second-order valence-electron chi connectivity index (χ2n) is 4.55. The fraction of sp³-hybridized carbons (Fsp3) is 0.818. The summed E-state index contributed by atoms with van der Waals surface area (Å²) in [6, 6.07) is -0.603. The summed E-state index contributed by atoms with van der Waals surface area (Å²) in [6.45, 7) is 3.78. The van der Waals surface area contributed by atoms with Gasteiger partial charge < -0.3 is 20.7 Å². The van der Waals surface area contributed by atoms with Crippen molar-refractivity contribution in [2.24, 2.45) is 11.7 Å². The number of carbonyl (C=O) groups excluding carboxylic acids is 2. The van der Waals surface area contributed by atoms with E-state index in [0.29, 0.717) is 32.7 Å². The minimum absolute atomic E-state index is 0.0447. The molecule has 0 aromatic carbocycles. The summed E-state index contributed by atoms with van der Waals surface area (Å²) < 4.78 is 5.20. The van der Waals surface area contributed by atoms with Crippen LogP contribution in [-0.4, -0.2) is 55.1 Å². The molecule has 2 amide bonds. The molecule has 0 radical (unpaired) electrons. The fourth-order valence-electron chi connectivity index (χ4n) is 2.42. The Bertz CT molecular complexity index is 321. The van der Waals surface area contributed by atoms with Gasteiger partial charge in [-0.25, -0.2) is 0 Å². The number of ether oxygens (including phenoxy) is 1. The third-order valence-electron chi connectivity index (χ3n) is 3.44. The van der Waals surface area contributed by atoms with E-state index in [2.05, 4.69) is 5.32 Å². The quantitative estimate of drug-likeness (QED) is 0.629. The second kappa shape index (κ2) is 5.01. The van der Waals surface area contributed by atoms with E-state index in [1.165, 1.54) is 0 Å². The Kier molecular flexibility index (Phi) is 3.63. The Hall–Kier alpha value is -1.14. The van der Waals surface area contributed by atoms with Crippen LogP contribution < -0.4 is 11.1 Å². The zero-order valence-corrected chi connectivity index (χ0v) is 10.0. The first kappa shape index (κ1) is 12.3. The Balaban J connectivity index is 2.09. The van der Waals surface area contributed by atoms with Gasteiger partial charge >= 0.3 is 0 Å². The minimum atomic E-state index is -0.357. The molecule has 2 heterocycles. The van der Waals surface area contributed by atoms with Gasteiger partial charge in [-0.15, -0.1) is 0 Å². The number of amides is 2. The molecule has 0 bridgehead atoms. The molecule has 0 saturated carbocycles.